The predicted molar refractivity (Wildman–Crippen MR) is 105 cm³/mol. The van der Waals surface area contributed by atoms with E-state index >= 15 is 0 Å². The van der Waals surface area contributed by atoms with Gasteiger partial charge in [0.2, 0.25) is 0 Å². The van der Waals surface area contributed by atoms with E-state index in [1.54, 1.807) is 36.5 Å². The van der Waals surface area contributed by atoms with E-state index in [2.05, 4.69) is 4.98 Å². The fraction of sp³-hybridized carbons (Fsp3) is 0.409. The van der Waals surface area contributed by atoms with Crippen molar-refractivity contribution in [3.63, 3.8) is 0 Å². The van der Waals surface area contributed by atoms with Crippen molar-refractivity contribution in [1.82, 2.24) is 4.98 Å². The minimum atomic E-state index is -0.389. The van der Waals surface area contributed by atoms with Gasteiger partial charge in [0.15, 0.2) is 0 Å². The molecule has 0 aliphatic heterocycles. The predicted octanol–water partition coefficient (Wildman–Crippen LogP) is 4.44. The average Bonchev–Trinajstić information content (AvgIpc) is 2.75. The van der Waals surface area contributed by atoms with Crippen LogP contribution in [0.25, 0.3) is 0 Å². The van der Waals surface area contributed by atoms with E-state index < -0.39 is 0 Å². The Kier molecular flexibility index (Phi) is 9.55. The number of methoxy groups -OCH3 is 1. The number of esters is 2. The summed E-state index contributed by atoms with van der Waals surface area (Å²) in [6, 6.07) is 10.5. The Morgan fingerprint density at radius 3 is 2.29 bits per heavy atom. The van der Waals surface area contributed by atoms with Crippen LogP contribution in [0.5, 0.6) is 5.75 Å². The highest BCUT2D eigenvalue weighted by Gasteiger charge is 2.11. The lowest BCUT2D eigenvalue weighted by Crippen LogP contribution is -2.07. The number of carbonyl (C=O) groups excluding carboxylic acids is 2. The van der Waals surface area contributed by atoms with E-state index in [1.807, 2.05) is 6.07 Å². The summed E-state index contributed by atoms with van der Waals surface area (Å²) in [5.41, 5.74) is 0.933. The molecule has 0 amide bonds. The van der Waals surface area contributed by atoms with Crippen molar-refractivity contribution >= 4 is 11.9 Å². The van der Waals surface area contributed by atoms with Gasteiger partial charge in [-0.1, -0.05) is 37.8 Å². The number of aromatic nitrogens is 1. The van der Waals surface area contributed by atoms with Gasteiger partial charge in [-0.3, -0.25) is 4.98 Å². The van der Waals surface area contributed by atoms with Crippen molar-refractivity contribution in [3.8, 4) is 5.75 Å². The molecule has 0 aliphatic carbocycles. The number of hydrogen-bond donors (Lipinski definition) is 0. The normalized spacial score (nSPS) is 10.3. The van der Waals surface area contributed by atoms with Crippen LogP contribution in [0.1, 0.15) is 59.2 Å². The molecule has 0 fully saturated rings. The summed E-state index contributed by atoms with van der Waals surface area (Å²) in [4.78, 5) is 27.3. The zero-order valence-corrected chi connectivity index (χ0v) is 16.3. The Hall–Kier alpha value is -2.89. The Balaban J connectivity index is 1.49. The molecule has 1 heterocycles. The zero-order chi connectivity index (χ0) is 20.0. The molecule has 0 radical (unpaired) electrons. The van der Waals surface area contributed by atoms with Gasteiger partial charge in [-0.2, -0.15) is 0 Å². The van der Waals surface area contributed by atoms with Crippen LogP contribution in [0.3, 0.4) is 0 Å². The van der Waals surface area contributed by atoms with Gasteiger partial charge in [0.1, 0.15) is 11.3 Å². The first-order chi connectivity index (χ1) is 13.7. The summed E-state index contributed by atoms with van der Waals surface area (Å²) in [5.74, 6) is -0.151. The second-order valence-corrected chi connectivity index (χ2v) is 6.34. The van der Waals surface area contributed by atoms with Crippen LogP contribution in [-0.4, -0.2) is 37.2 Å². The molecule has 0 saturated heterocycles. The third-order valence-corrected chi connectivity index (χ3v) is 4.22. The smallest absolute Gasteiger partial charge is 0.341 e. The molecule has 2 aromatic rings. The Bertz CT molecular complexity index is 733. The van der Waals surface area contributed by atoms with E-state index in [9.17, 15) is 9.59 Å². The Morgan fingerprint density at radius 2 is 1.57 bits per heavy atom. The van der Waals surface area contributed by atoms with Gasteiger partial charge in [0.25, 0.3) is 0 Å². The Labute approximate surface area is 165 Å². The average molecular weight is 385 g/mol. The van der Waals surface area contributed by atoms with E-state index in [4.69, 9.17) is 14.2 Å². The number of carbonyl (C=O) groups is 2. The highest BCUT2D eigenvalue weighted by Crippen LogP contribution is 2.19. The van der Waals surface area contributed by atoms with Crippen LogP contribution in [0.4, 0.5) is 0 Å². The van der Waals surface area contributed by atoms with Crippen molar-refractivity contribution in [2.45, 2.75) is 38.5 Å². The molecule has 1 aromatic carbocycles. The minimum absolute atomic E-state index is 0.322. The highest BCUT2D eigenvalue weighted by molar-refractivity contribution is 5.92. The third kappa shape index (κ3) is 7.39. The number of benzene rings is 1. The summed E-state index contributed by atoms with van der Waals surface area (Å²) >= 11 is 0. The van der Waals surface area contributed by atoms with E-state index in [1.165, 1.54) is 13.3 Å². The van der Waals surface area contributed by atoms with Crippen LogP contribution in [0.15, 0.2) is 48.8 Å². The minimum Gasteiger partial charge on any atom is -0.493 e. The summed E-state index contributed by atoms with van der Waals surface area (Å²) in [6.07, 6.45) is 9.16. The van der Waals surface area contributed by atoms with Gasteiger partial charge in [-0.15, -0.1) is 0 Å². The molecule has 0 N–H and O–H groups in total. The number of pyridine rings is 1. The summed E-state index contributed by atoms with van der Waals surface area (Å²) in [7, 11) is 1.36. The van der Waals surface area contributed by atoms with Crippen LogP contribution in [-0.2, 0) is 9.47 Å². The molecular weight excluding hydrogens is 358 g/mol. The van der Waals surface area contributed by atoms with Crippen LogP contribution in [0, 0.1) is 0 Å². The monoisotopic (exact) mass is 385 g/mol. The van der Waals surface area contributed by atoms with Gasteiger partial charge in [-0.05, 0) is 37.1 Å². The fourth-order valence-electron chi connectivity index (χ4n) is 2.70. The fourth-order valence-corrected chi connectivity index (χ4v) is 2.70. The van der Waals surface area contributed by atoms with E-state index in [0.717, 1.165) is 38.5 Å². The molecule has 0 spiro atoms. The lowest BCUT2D eigenvalue weighted by Gasteiger charge is -2.10. The first-order valence-electron chi connectivity index (χ1n) is 9.59. The summed E-state index contributed by atoms with van der Waals surface area (Å²) < 4.78 is 15.7. The first-order valence-corrected chi connectivity index (χ1v) is 9.59. The first kappa shape index (κ1) is 21.4. The summed E-state index contributed by atoms with van der Waals surface area (Å²) in [6.45, 7) is 0.998. The number of ether oxygens (including phenoxy) is 3. The lowest BCUT2D eigenvalue weighted by atomic mass is 10.1. The maximum Gasteiger partial charge on any atom is 0.341 e. The third-order valence-electron chi connectivity index (χ3n) is 4.22. The number of nitrogens with zero attached hydrogens (tertiary/aromatic N) is 1. The number of unbranched alkanes of at least 4 members (excludes halogenated alkanes) is 5. The molecule has 0 bridgehead atoms. The number of para-hydroxylation sites is 1. The lowest BCUT2D eigenvalue weighted by molar-refractivity contribution is 0.0496. The molecule has 150 valence electrons. The number of hydrogen-bond acceptors (Lipinski definition) is 6. The van der Waals surface area contributed by atoms with Gasteiger partial charge in [0.05, 0.1) is 25.9 Å². The van der Waals surface area contributed by atoms with Crippen LogP contribution >= 0.6 is 0 Å². The second-order valence-electron chi connectivity index (χ2n) is 6.34. The quantitative estimate of drug-likeness (QED) is 0.397. The van der Waals surface area contributed by atoms with Crippen molar-refractivity contribution in [3.05, 3.63) is 59.9 Å². The second kappa shape index (κ2) is 12.5. The van der Waals surface area contributed by atoms with E-state index in [-0.39, 0.29) is 11.9 Å². The number of rotatable bonds is 12. The van der Waals surface area contributed by atoms with Gasteiger partial charge >= 0.3 is 11.9 Å². The standard InChI is InChI=1S/C22H27NO5/c1-26-22(25)19-12-6-7-13-20(19)27-15-8-4-2-3-5-9-16-28-21(24)18-11-10-14-23-17-18/h6-7,10-14,17H,2-5,8-9,15-16H2,1H3. The molecule has 2 rings (SSSR count). The Morgan fingerprint density at radius 1 is 0.857 bits per heavy atom. The molecule has 6 heteroatoms. The maximum atomic E-state index is 11.7. The molecule has 6 nitrogen and oxygen atoms in total. The van der Waals surface area contributed by atoms with Crippen LogP contribution in [0.2, 0.25) is 0 Å². The van der Waals surface area contributed by atoms with E-state index in [0.29, 0.717) is 30.1 Å². The molecule has 0 atom stereocenters. The van der Waals surface area contributed by atoms with Gasteiger partial charge < -0.3 is 14.2 Å². The zero-order valence-electron chi connectivity index (χ0n) is 16.3. The molecule has 1 aromatic heterocycles. The largest absolute Gasteiger partial charge is 0.493 e. The summed E-state index contributed by atoms with van der Waals surface area (Å²) in [5, 5.41) is 0. The van der Waals surface area contributed by atoms with Crippen molar-refractivity contribution < 1.29 is 23.8 Å². The molecule has 0 aliphatic rings. The van der Waals surface area contributed by atoms with Gasteiger partial charge in [0, 0.05) is 12.4 Å². The van der Waals surface area contributed by atoms with Gasteiger partial charge in [-0.25, -0.2) is 9.59 Å². The van der Waals surface area contributed by atoms with Crippen molar-refractivity contribution in [1.29, 1.82) is 0 Å². The SMILES string of the molecule is COC(=O)c1ccccc1OCCCCCCCCOC(=O)c1cccnc1. The molecule has 0 unspecified atom stereocenters. The molecular formula is C22H27NO5. The highest BCUT2D eigenvalue weighted by atomic mass is 16.5. The molecule has 0 saturated carbocycles. The van der Waals surface area contributed by atoms with Crippen LogP contribution < -0.4 is 4.74 Å². The topological polar surface area (TPSA) is 74.7 Å². The molecule has 28 heavy (non-hydrogen) atoms. The van der Waals surface area contributed by atoms with Crippen molar-refractivity contribution in [2.75, 3.05) is 20.3 Å². The van der Waals surface area contributed by atoms with Crippen molar-refractivity contribution in [2.24, 2.45) is 0 Å². The maximum absolute atomic E-state index is 11.7.